The minimum absolute atomic E-state index is 0.0567. The summed E-state index contributed by atoms with van der Waals surface area (Å²) in [6.45, 7) is 3.86. The van der Waals surface area contributed by atoms with Gasteiger partial charge < -0.3 is 10.4 Å². The topological polar surface area (TPSA) is 92.5 Å². The third-order valence-electron chi connectivity index (χ3n) is 2.79. The molecule has 0 aromatic heterocycles. The Hall–Kier alpha value is -1.60. The van der Waals surface area contributed by atoms with Gasteiger partial charge in [-0.2, -0.15) is 0 Å². The number of nitro groups is 1. The molecule has 0 saturated carbocycles. The summed E-state index contributed by atoms with van der Waals surface area (Å²) in [5.74, 6) is -0.387. The Bertz CT molecular complexity index is 517. The van der Waals surface area contributed by atoms with Crippen LogP contribution >= 0.6 is 11.8 Å². The van der Waals surface area contributed by atoms with Crippen molar-refractivity contribution in [3.05, 3.63) is 33.9 Å². The number of aliphatic hydroxyl groups is 1. The van der Waals surface area contributed by atoms with Gasteiger partial charge in [-0.25, -0.2) is 0 Å². The van der Waals surface area contributed by atoms with Gasteiger partial charge in [-0.3, -0.25) is 14.9 Å². The molecule has 6 nitrogen and oxygen atoms in total. The summed E-state index contributed by atoms with van der Waals surface area (Å²) in [6, 6.07) is 4.39. The number of carbonyl (C=O) groups is 1. The molecule has 0 atom stereocenters. The molecule has 20 heavy (non-hydrogen) atoms. The van der Waals surface area contributed by atoms with Crippen molar-refractivity contribution in [3.8, 4) is 0 Å². The van der Waals surface area contributed by atoms with Crippen molar-refractivity contribution in [2.24, 2.45) is 5.41 Å². The zero-order valence-electron chi connectivity index (χ0n) is 11.7. The molecule has 0 heterocycles. The number of carbonyl (C=O) groups excluding carboxylic acids is 1. The quantitative estimate of drug-likeness (QED) is 0.476. The zero-order chi connectivity index (χ0) is 15.3. The average Bonchev–Trinajstić information content (AvgIpc) is 2.44. The van der Waals surface area contributed by atoms with Crippen LogP contribution in [0.3, 0.4) is 0 Å². The molecular weight excluding hydrogens is 280 g/mol. The number of hydrogen-bond acceptors (Lipinski definition) is 5. The first kappa shape index (κ1) is 16.5. The molecule has 0 aliphatic rings. The lowest BCUT2D eigenvalue weighted by atomic mass is 9.95. The monoisotopic (exact) mass is 298 g/mol. The Morgan fingerprint density at radius 2 is 2.15 bits per heavy atom. The molecule has 0 spiro atoms. The van der Waals surface area contributed by atoms with E-state index in [1.807, 2.05) is 13.8 Å². The van der Waals surface area contributed by atoms with Crippen molar-refractivity contribution < 1.29 is 14.8 Å². The number of amides is 1. The van der Waals surface area contributed by atoms with Gasteiger partial charge in [-0.15, -0.1) is 11.8 Å². The van der Waals surface area contributed by atoms with E-state index in [9.17, 15) is 14.9 Å². The standard InChI is InChI=1S/C13H18N2O4S/c1-13(2,8-16)7-14-12(17)9-4-5-11(20-3)10(6-9)15(18)19/h4-6,16H,7-8H2,1-3H3,(H,14,17). The van der Waals surface area contributed by atoms with Crippen molar-refractivity contribution >= 4 is 23.4 Å². The fraction of sp³-hybridized carbons (Fsp3) is 0.462. The summed E-state index contributed by atoms with van der Waals surface area (Å²) in [7, 11) is 0. The number of nitro benzene ring substituents is 1. The molecule has 0 aliphatic carbocycles. The van der Waals surface area contributed by atoms with Crippen LogP contribution in [-0.4, -0.2) is 35.3 Å². The van der Waals surface area contributed by atoms with E-state index < -0.39 is 10.3 Å². The lowest BCUT2D eigenvalue weighted by molar-refractivity contribution is -0.387. The lowest BCUT2D eigenvalue weighted by Gasteiger charge is -2.21. The SMILES string of the molecule is CSc1ccc(C(=O)NCC(C)(C)CO)cc1[N+](=O)[O-]. The largest absolute Gasteiger partial charge is 0.396 e. The predicted molar refractivity (Wildman–Crippen MR) is 78.1 cm³/mol. The first-order valence-corrected chi connectivity index (χ1v) is 7.24. The molecule has 0 unspecified atom stereocenters. The van der Waals surface area contributed by atoms with E-state index in [1.165, 1.54) is 17.8 Å². The van der Waals surface area contributed by atoms with E-state index in [1.54, 1.807) is 18.4 Å². The van der Waals surface area contributed by atoms with Crippen LogP contribution in [0.1, 0.15) is 24.2 Å². The first-order chi connectivity index (χ1) is 9.30. The van der Waals surface area contributed by atoms with Crippen molar-refractivity contribution in [3.63, 3.8) is 0 Å². The van der Waals surface area contributed by atoms with Crippen molar-refractivity contribution in [2.45, 2.75) is 18.7 Å². The van der Waals surface area contributed by atoms with E-state index >= 15 is 0 Å². The summed E-state index contributed by atoms with van der Waals surface area (Å²) in [6.07, 6.45) is 1.74. The van der Waals surface area contributed by atoms with Gasteiger partial charge in [0.2, 0.25) is 0 Å². The van der Waals surface area contributed by atoms with Gasteiger partial charge in [0, 0.05) is 30.2 Å². The Morgan fingerprint density at radius 1 is 1.50 bits per heavy atom. The minimum atomic E-state index is -0.500. The number of thioether (sulfide) groups is 1. The Balaban J connectivity index is 2.89. The van der Waals surface area contributed by atoms with Crippen LogP contribution in [0.4, 0.5) is 5.69 Å². The molecule has 2 N–H and O–H groups in total. The maximum atomic E-state index is 12.0. The van der Waals surface area contributed by atoms with Crippen LogP contribution in [0, 0.1) is 15.5 Å². The van der Waals surface area contributed by atoms with Crippen molar-refractivity contribution in [1.82, 2.24) is 5.32 Å². The number of nitrogens with one attached hydrogen (secondary N) is 1. The van der Waals surface area contributed by atoms with E-state index in [4.69, 9.17) is 5.11 Å². The third-order valence-corrected chi connectivity index (χ3v) is 3.58. The van der Waals surface area contributed by atoms with E-state index in [2.05, 4.69) is 5.32 Å². The van der Waals surface area contributed by atoms with Gasteiger partial charge in [-0.05, 0) is 18.4 Å². The normalized spacial score (nSPS) is 11.2. The maximum Gasteiger partial charge on any atom is 0.283 e. The van der Waals surface area contributed by atoms with Crippen LogP contribution in [0.5, 0.6) is 0 Å². The smallest absolute Gasteiger partial charge is 0.283 e. The van der Waals surface area contributed by atoms with Gasteiger partial charge >= 0.3 is 0 Å². The number of rotatable bonds is 6. The van der Waals surface area contributed by atoms with Crippen LogP contribution in [0.2, 0.25) is 0 Å². The maximum absolute atomic E-state index is 12.0. The molecule has 0 fully saturated rings. The molecule has 1 rings (SSSR count). The number of benzene rings is 1. The van der Waals surface area contributed by atoms with Crippen molar-refractivity contribution in [1.29, 1.82) is 0 Å². The highest BCUT2D eigenvalue weighted by molar-refractivity contribution is 7.98. The molecular formula is C13H18N2O4S. The average molecular weight is 298 g/mol. The molecule has 0 saturated heterocycles. The number of hydrogen-bond donors (Lipinski definition) is 2. The van der Waals surface area contributed by atoms with Gasteiger partial charge in [0.25, 0.3) is 11.6 Å². The molecule has 1 aromatic rings. The molecule has 7 heteroatoms. The summed E-state index contributed by atoms with van der Waals surface area (Å²) in [5.41, 5.74) is -0.268. The Labute approximate surface area is 121 Å². The fourth-order valence-corrected chi connectivity index (χ4v) is 2.00. The van der Waals surface area contributed by atoms with Crippen LogP contribution < -0.4 is 5.32 Å². The summed E-state index contributed by atoms with van der Waals surface area (Å²) >= 11 is 1.26. The molecule has 110 valence electrons. The number of nitrogens with zero attached hydrogens (tertiary/aromatic N) is 1. The summed E-state index contributed by atoms with van der Waals surface area (Å²) in [4.78, 5) is 22.9. The third kappa shape index (κ3) is 4.21. The predicted octanol–water partition coefficient (Wildman–Crippen LogP) is 2.06. The fourth-order valence-electron chi connectivity index (χ4n) is 1.45. The molecule has 1 aromatic carbocycles. The minimum Gasteiger partial charge on any atom is -0.396 e. The van der Waals surface area contributed by atoms with Crippen LogP contribution in [0.15, 0.2) is 23.1 Å². The Morgan fingerprint density at radius 3 is 2.65 bits per heavy atom. The Kier molecular flexibility index (Phi) is 5.52. The molecule has 0 radical (unpaired) electrons. The highest BCUT2D eigenvalue weighted by Gasteiger charge is 2.20. The van der Waals surface area contributed by atoms with E-state index in [0.29, 0.717) is 11.4 Å². The first-order valence-electron chi connectivity index (χ1n) is 6.02. The second-order valence-electron chi connectivity index (χ2n) is 5.15. The van der Waals surface area contributed by atoms with E-state index in [0.717, 1.165) is 0 Å². The highest BCUT2D eigenvalue weighted by Crippen LogP contribution is 2.28. The van der Waals surface area contributed by atoms with Gasteiger partial charge in [0.15, 0.2) is 0 Å². The highest BCUT2D eigenvalue weighted by atomic mass is 32.2. The van der Waals surface area contributed by atoms with Crippen molar-refractivity contribution in [2.75, 3.05) is 19.4 Å². The van der Waals surface area contributed by atoms with Gasteiger partial charge in [-0.1, -0.05) is 13.8 Å². The van der Waals surface area contributed by atoms with Crippen LogP contribution in [-0.2, 0) is 0 Å². The zero-order valence-corrected chi connectivity index (χ0v) is 12.5. The number of aliphatic hydroxyl groups excluding tert-OH is 1. The van der Waals surface area contributed by atoms with E-state index in [-0.39, 0.29) is 23.8 Å². The van der Waals surface area contributed by atoms with Crippen LogP contribution in [0.25, 0.3) is 0 Å². The second kappa shape index (κ2) is 6.71. The lowest BCUT2D eigenvalue weighted by Crippen LogP contribution is -2.36. The summed E-state index contributed by atoms with van der Waals surface area (Å²) in [5, 5.41) is 22.7. The second-order valence-corrected chi connectivity index (χ2v) is 6.00. The van der Waals surface area contributed by atoms with Gasteiger partial charge in [0.1, 0.15) is 0 Å². The van der Waals surface area contributed by atoms with Gasteiger partial charge in [0.05, 0.1) is 9.82 Å². The molecule has 1 amide bonds. The summed E-state index contributed by atoms with van der Waals surface area (Å²) < 4.78 is 0. The molecule has 0 aliphatic heterocycles. The molecule has 0 bridgehead atoms.